The van der Waals surface area contributed by atoms with Gasteiger partial charge < -0.3 is 28.1 Å². The molecule has 10 heteroatoms. The molecule has 0 saturated heterocycles. The zero-order chi connectivity index (χ0) is 31.6. The SMILES string of the molecule is CCc1cc2c(-c3ccc(OC(C)=O)cc3C)c(-c3cc(OC)c(OC(C)=O)c(OC)c3)c(=O)oc2c(C)c1OC(C)=O. The quantitative estimate of drug-likeness (QED) is 0.135. The molecular weight excluding hydrogens is 556 g/mol. The van der Waals surface area contributed by atoms with Crippen LogP contribution in [0.3, 0.4) is 0 Å². The molecule has 0 bridgehead atoms. The van der Waals surface area contributed by atoms with Crippen LogP contribution in [0, 0.1) is 13.8 Å². The van der Waals surface area contributed by atoms with Crippen molar-refractivity contribution in [3.63, 3.8) is 0 Å². The lowest BCUT2D eigenvalue weighted by Crippen LogP contribution is -2.11. The first-order valence-electron chi connectivity index (χ1n) is 13.5. The lowest BCUT2D eigenvalue weighted by molar-refractivity contribution is -0.133. The zero-order valence-electron chi connectivity index (χ0n) is 25.3. The van der Waals surface area contributed by atoms with Crippen molar-refractivity contribution < 1.29 is 42.5 Å². The summed E-state index contributed by atoms with van der Waals surface area (Å²) >= 11 is 0. The van der Waals surface area contributed by atoms with Crippen molar-refractivity contribution in [3.8, 4) is 51.0 Å². The van der Waals surface area contributed by atoms with E-state index in [1.54, 1.807) is 37.3 Å². The van der Waals surface area contributed by atoms with Crippen molar-refractivity contribution in [2.24, 2.45) is 0 Å². The molecule has 0 amide bonds. The van der Waals surface area contributed by atoms with E-state index in [1.807, 2.05) is 19.9 Å². The fourth-order valence-corrected chi connectivity index (χ4v) is 5.05. The van der Waals surface area contributed by atoms with E-state index >= 15 is 0 Å². The predicted molar refractivity (Wildman–Crippen MR) is 159 cm³/mol. The first-order valence-corrected chi connectivity index (χ1v) is 13.5. The Balaban J connectivity index is 2.18. The minimum absolute atomic E-state index is 0.0602. The van der Waals surface area contributed by atoms with E-state index in [1.165, 1.54) is 35.0 Å². The second-order valence-electron chi connectivity index (χ2n) is 9.83. The first kappa shape index (κ1) is 30.8. The molecule has 0 spiro atoms. The molecule has 1 aromatic heterocycles. The number of carbonyl (C=O) groups excluding carboxylic acids is 3. The molecule has 4 aromatic rings. The second kappa shape index (κ2) is 12.4. The Morgan fingerprint density at radius 1 is 0.767 bits per heavy atom. The minimum Gasteiger partial charge on any atom is -0.493 e. The van der Waals surface area contributed by atoms with E-state index in [4.69, 9.17) is 28.1 Å². The molecule has 224 valence electrons. The van der Waals surface area contributed by atoms with Crippen LogP contribution in [-0.2, 0) is 20.8 Å². The monoisotopic (exact) mass is 588 g/mol. The molecule has 0 aliphatic heterocycles. The summed E-state index contributed by atoms with van der Waals surface area (Å²) in [7, 11) is 2.81. The molecule has 1 heterocycles. The van der Waals surface area contributed by atoms with E-state index in [0.29, 0.717) is 51.1 Å². The maximum absolute atomic E-state index is 13.9. The number of esters is 3. The Bertz CT molecular complexity index is 1810. The summed E-state index contributed by atoms with van der Waals surface area (Å²) in [6.07, 6.45) is 0.524. The number of benzene rings is 3. The summed E-state index contributed by atoms with van der Waals surface area (Å²) in [5, 5.41) is 0.588. The van der Waals surface area contributed by atoms with Gasteiger partial charge in [0.1, 0.15) is 17.1 Å². The van der Waals surface area contributed by atoms with Crippen molar-refractivity contribution >= 4 is 28.9 Å². The molecule has 0 atom stereocenters. The van der Waals surface area contributed by atoms with Crippen molar-refractivity contribution in [1.29, 1.82) is 0 Å². The van der Waals surface area contributed by atoms with E-state index < -0.39 is 23.5 Å². The van der Waals surface area contributed by atoms with Crippen molar-refractivity contribution in [3.05, 3.63) is 63.5 Å². The van der Waals surface area contributed by atoms with E-state index in [-0.39, 0.29) is 28.4 Å². The van der Waals surface area contributed by atoms with Crippen LogP contribution >= 0.6 is 0 Å². The fourth-order valence-electron chi connectivity index (χ4n) is 5.05. The van der Waals surface area contributed by atoms with Gasteiger partial charge in [0.25, 0.3) is 0 Å². The molecule has 0 N–H and O–H groups in total. The minimum atomic E-state index is -0.684. The molecule has 43 heavy (non-hydrogen) atoms. The van der Waals surface area contributed by atoms with Gasteiger partial charge in [-0.3, -0.25) is 14.4 Å². The molecule has 0 unspecified atom stereocenters. The van der Waals surface area contributed by atoms with Crippen LogP contribution in [0.25, 0.3) is 33.2 Å². The molecule has 0 fully saturated rings. The van der Waals surface area contributed by atoms with Crippen molar-refractivity contribution in [2.45, 2.75) is 48.0 Å². The van der Waals surface area contributed by atoms with Gasteiger partial charge in [-0.25, -0.2) is 4.79 Å². The van der Waals surface area contributed by atoms with E-state index in [9.17, 15) is 19.2 Å². The Morgan fingerprint density at radius 2 is 1.35 bits per heavy atom. The maximum atomic E-state index is 13.9. The number of fused-ring (bicyclic) bond motifs is 1. The number of hydrogen-bond acceptors (Lipinski definition) is 10. The number of methoxy groups -OCH3 is 2. The van der Waals surface area contributed by atoms with Gasteiger partial charge in [-0.15, -0.1) is 0 Å². The molecule has 0 radical (unpaired) electrons. The average Bonchev–Trinajstić information content (AvgIpc) is 2.93. The standard InChI is InChI=1S/C33H32O10/c1-9-21-13-25-29(24-11-10-23(12-16(24)2)40-18(4)34)28(33(37)43-31(25)17(3)30(21)41-19(5)35)22-14-26(38-7)32(42-20(6)36)27(15-22)39-8/h10-15H,9H2,1-8H3. The molecule has 10 nitrogen and oxygen atoms in total. The summed E-state index contributed by atoms with van der Waals surface area (Å²) in [5.74, 6) is -0.484. The Hall–Kier alpha value is -5.12. The molecule has 4 rings (SSSR count). The van der Waals surface area contributed by atoms with Crippen LogP contribution in [0.5, 0.6) is 28.7 Å². The number of ether oxygens (including phenoxy) is 5. The van der Waals surface area contributed by atoms with Gasteiger partial charge >= 0.3 is 23.5 Å². The third-order valence-electron chi connectivity index (χ3n) is 6.80. The smallest absolute Gasteiger partial charge is 0.344 e. The second-order valence-corrected chi connectivity index (χ2v) is 9.83. The van der Waals surface area contributed by atoms with Gasteiger partial charge in [0.2, 0.25) is 5.75 Å². The van der Waals surface area contributed by atoms with E-state index in [0.717, 1.165) is 5.56 Å². The van der Waals surface area contributed by atoms with Crippen molar-refractivity contribution in [1.82, 2.24) is 0 Å². The first-order chi connectivity index (χ1) is 20.4. The normalized spacial score (nSPS) is 10.8. The summed E-state index contributed by atoms with van der Waals surface area (Å²) in [5.41, 5.74) is 3.23. The third-order valence-corrected chi connectivity index (χ3v) is 6.80. The zero-order valence-corrected chi connectivity index (χ0v) is 25.3. The number of hydrogen-bond donors (Lipinski definition) is 0. The highest BCUT2D eigenvalue weighted by atomic mass is 16.6. The Morgan fingerprint density at radius 3 is 1.86 bits per heavy atom. The number of carbonyl (C=O) groups is 3. The predicted octanol–water partition coefficient (Wildman–Crippen LogP) is 6.10. The van der Waals surface area contributed by atoms with Crippen molar-refractivity contribution in [2.75, 3.05) is 14.2 Å². The largest absolute Gasteiger partial charge is 0.493 e. The molecule has 3 aromatic carbocycles. The van der Waals surface area contributed by atoms with Gasteiger partial charge in [0.15, 0.2) is 11.5 Å². The summed E-state index contributed by atoms with van der Waals surface area (Å²) in [4.78, 5) is 49.3. The van der Waals surface area contributed by atoms with E-state index in [2.05, 4.69) is 0 Å². The highest BCUT2D eigenvalue weighted by Crippen LogP contribution is 2.46. The maximum Gasteiger partial charge on any atom is 0.344 e. The topological polar surface area (TPSA) is 128 Å². The number of rotatable bonds is 8. The van der Waals surface area contributed by atoms with Crippen LogP contribution in [0.2, 0.25) is 0 Å². The summed E-state index contributed by atoms with van der Waals surface area (Å²) in [6.45, 7) is 9.36. The molecular formula is C33H32O10. The Kier molecular flexibility index (Phi) is 8.89. The Labute approximate surface area is 248 Å². The number of aryl methyl sites for hydroxylation is 3. The summed E-state index contributed by atoms with van der Waals surface area (Å²) < 4.78 is 33.1. The fraction of sp³-hybridized carbons (Fsp3) is 0.273. The highest BCUT2D eigenvalue weighted by molar-refractivity contribution is 6.04. The van der Waals surface area contributed by atoms with Crippen LogP contribution < -0.4 is 29.3 Å². The highest BCUT2D eigenvalue weighted by Gasteiger charge is 2.26. The van der Waals surface area contributed by atoms with Gasteiger partial charge in [0, 0.05) is 37.3 Å². The van der Waals surface area contributed by atoms with Gasteiger partial charge in [-0.05, 0) is 72.9 Å². The van der Waals surface area contributed by atoms with Crippen LogP contribution in [0.15, 0.2) is 45.6 Å². The van der Waals surface area contributed by atoms with Crippen LogP contribution in [0.1, 0.15) is 44.4 Å². The van der Waals surface area contributed by atoms with Gasteiger partial charge in [0.05, 0.1) is 19.8 Å². The average molecular weight is 589 g/mol. The molecule has 0 saturated carbocycles. The molecule has 0 aliphatic carbocycles. The van der Waals surface area contributed by atoms with Gasteiger partial charge in [-0.2, -0.15) is 0 Å². The van der Waals surface area contributed by atoms with Crippen LogP contribution in [0.4, 0.5) is 0 Å². The summed E-state index contributed by atoms with van der Waals surface area (Å²) in [6, 6.07) is 10.1. The lowest BCUT2D eigenvalue weighted by Gasteiger charge is -2.20. The third kappa shape index (κ3) is 6.08. The van der Waals surface area contributed by atoms with Crippen LogP contribution in [-0.4, -0.2) is 32.1 Å². The molecule has 0 aliphatic rings. The van der Waals surface area contributed by atoms with Gasteiger partial charge in [-0.1, -0.05) is 13.0 Å². The lowest BCUT2D eigenvalue weighted by atomic mass is 9.88.